The lowest BCUT2D eigenvalue weighted by Gasteiger charge is -2.07. The Hall–Kier alpha value is -4.60. The molecule has 0 saturated carbocycles. The number of nitrogens with zero attached hydrogens (tertiary/aromatic N) is 3. The average Bonchev–Trinajstić information content (AvgIpc) is 3.29. The van der Waals surface area contributed by atoms with E-state index in [1.807, 2.05) is 0 Å². The summed E-state index contributed by atoms with van der Waals surface area (Å²) in [5, 5.41) is 6.57. The number of primary amides is 1. The highest BCUT2D eigenvalue weighted by molar-refractivity contribution is 5.93. The van der Waals surface area contributed by atoms with Gasteiger partial charge in [-0.2, -0.15) is 4.98 Å². The Kier molecular flexibility index (Phi) is 6.35. The minimum absolute atomic E-state index is 0.114. The van der Waals surface area contributed by atoms with E-state index in [1.165, 1.54) is 24.4 Å². The van der Waals surface area contributed by atoms with E-state index in [-0.39, 0.29) is 30.4 Å². The number of rotatable bonds is 8. The molecule has 0 aliphatic heterocycles. The van der Waals surface area contributed by atoms with Crippen LogP contribution in [0.1, 0.15) is 22.7 Å². The molecular formula is C23H18FN5O4. The molecule has 0 aliphatic carbocycles. The second-order valence-corrected chi connectivity index (χ2v) is 6.95. The molecule has 0 saturated heterocycles. The molecule has 0 aliphatic rings. The third kappa shape index (κ3) is 5.76. The van der Waals surface area contributed by atoms with Gasteiger partial charge in [0.2, 0.25) is 29.4 Å². The number of carbonyl (C=O) groups excluding carboxylic acids is 2. The molecule has 4 rings (SSSR count). The molecule has 9 nitrogen and oxygen atoms in total. The number of nitrogens with one attached hydrogen (secondary N) is 1. The standard InChI is InChI=1S/C23H18FN5O4/c24-16-6-4-14(5-7-16)23-28-21(33-29-23)11-9-19(30)27-17-8-10-20(26-13-17)32-18-3-1-2-15(12-18)22(25)31/h1-8,10,12-13H,9,11H2,(H2,25,31)(H,27,30). The van der Waals surface area contributed by atoms with Gasteiger partial charge >= 0.3 is 0 Å². The molecule has 2 aromatic carbocycles. The lowest BCUT2D eigenvalue weighted by molar-refractivity contribution is -0.116. The number of nitrogens with two attached hydrogens (primary N) is 1. The van der Waals surface area contributed by atoms with Crippen molar-refractivity contribution in [1.82, 2.24) is 15.1 Å². The summed E-state index contributed by atoms with van der Waals surface area (Å²) in [6.07, 6.45) is 1.80. The normalized spacial score (nSPS) is 10.6. The number of amides is 2. The molecule has 2 amide bonds. The lowest BCUT2D eigenvalue weighted by Crippen LogP contribution is -2.12. The molecule has 0 unspecified atom stereocenters. The summed E-state index contributed by atoms with van der Waals surface area (Å²) >= 11 is 0. The number of anilines is 1. The number of aryl methyl sites for hydroxylation is 1. The Bertz CT molecular complexity index is 1270. The summed E-state index contributed by atoms with van der Waals surface area (Å²) in [5.74, 6) is 0.144. The smallest absolute Gasteiger partial charge is 0.248 e. The Morgan fingerprint density at radius 3 is 2.64 bits per heavy atom. The molecule has 0 spiro atoms. The topological polar surface area (TPSA) is 133 Å². The van der Waals surface area contributed by atoms with Crippen LogP contribution in [0.4, 0.5) is 10.1 Å². The van der Waals surface area contributed by atoms with E-state index < -0.39 is 5.91 Å². The molecule has 0 radical (unpaired) electrons. The predicted octanol–water partition coefficient (Wildman–Crippen LogP) is 3.73. The van der Waals surface area contributed by atoms with Crippen molar-refractivity contribution in [3.63, 3.8) is 0 Å². The van der Waals surface area contributed by atoms with Crippen molar-refractivity contribution in [3.8, 4) is 23.0 Å². The fourth-order valence-electron chi connectivity index (χ4n) is 2.86. The third-order valence-electron chi connectivity index (χ3n) is 4.50. The van der Waals surface area contributed by atoms with E-state index in [0.29, 0.717) is 34.3 Å². The Labute approximate surface area is 187 Å². The van der Waals surface area contributed by atoms with Crippen LogP contribution in [0.5, 0.6) is 11.6 Å². The summed E-state index contributed by atoms with van der Waals surface area (Å²) in [6, 6.07) is 15.3. The van der Waals surface area contributed by atoms with Gasteiger partial charge in [-0.3, -0.25) is 9.59 Å². The van der Waals surface area contributed by atoms with E-state index in [0.717, 1.165) is 0 Å². The maximum Gasteiger partial charge on any atom is 0.248 e. The Balaban J connectivity index is 1.29. The van der Waals surface area contributed by atoms with E-state index in [2.05, 4.69) is 20.4 Å². The highest BCUT2D eigenvalue weighted by Gasteiger charge is 2.11. The monoisotopic (exact) mass is 447 g/mol. The van der Waals surface area contributed by atoms with E-state index >= 15 is 0 Å². The number of carbonyl (C=O) groups is 2. The van der Waals surface area contributed by atoms with Crippen molar-refractivity contribution in [3.05, 3.63) is 84.1 Å². The van der Waals surface area contributed by atoms with Gasteiger partial charge in [0.05, 0.1) is 11.9 Å². The second kappa shape index (κ2) is 9.69. The van der Waals surface area contributed by atoms with Gasteiger partial charge in [-0.05, 0) is 48.5 Å². The van der Waals surface area contributed by atoms with Crippen molar-refractivity contribution < 1.29 is 23.2 Å². The highest BCUT2D eigenvalue weighted by atomic mass is 19.1. The van der Waals surface area contributed by atoms with Crippen LogP contribution in [0.15, 0.2) is 71.4 Å². The maximum absolute atomic E-state index is 13.0. The zero-order valence-corrected chi connectivity index (χ0v) is 17.2. The number of hydrogen-bond acceptors (Lipinski definition) is 7. The fraction of sp³-hybridized carbons (Fsp3) is 0.0870. The largest absolute Gasteiger partial charge is 0.439 e. The molecule has 3 N–H and O–H groups in total. The minimum atomic E-state index is -0.557. The molecule has 4 aromatic rings. The molecule has 0 bridgehead atoms. The first kappa shape index (κ1) is 21.6. The molecular weight excluding hydrogens is 429 g/mol. The summed E-state index contributed by atoms with van der Waals surface area (Å²) in [7, 11) is 0. The summed E-state index contributed by atoms with van der Waals surface area (Å²) < 4.78 is 23.8. The minimum Gasteiger partial charge on any atom is -0.439 e. The van der Waals surface area contributed by atoms with E-state index in [9.17, 15) is 14.0 Å². The van der Waals surface area contributed by atoms with Crippen molar-refractivity contribution in [2.75, 3.05) is 5.32 Å². The predicted molar refractivity (Wildman–Crippen MR) is 116 cm³/mol. The molecule has 0 fully saturated rings. The van der Waals surface area contributed by atoms with Gasteiger partial charge in [-0.15, -0.1) is 0 Å². The van der Waals surface area contributed by atoms with Crippen LogP contribution < -0.4 is 15.8 Å². The van der Waals surface area contributed by atoms with Gasteiger partial charge < -0.3 is 20.3 Å². The molecule has 2 aromatic heterocycles. The molecule has 33 heavy (non-hydrogen) atoms. The number of hydrogen-bond donors (Lipinski definition) is 2. The zero-order chi connectivity index (χ0) is 23.2. The Morgan fingerprint density at radius 1 is 1.09 bits per heavy atom. The van der Waals surface area contributed by atoms with Crippen LogP contribution in [0.25, 0.3) is 11.4 Å². The second-order valence-electron chi connectivity index (χ2n) is 6.95. The fourth-order valence-corrected chi connectivity index (χ4v) is 2.86. The van der Waals surface area contributed by atoms with Gasteiger partial charge in [0.15, 0.2) is 0 Å². The van der Waals surface area contributed by atoms with Crippen LogP contribution in [0.2, 0.25) is 0 Å². The van der Waals surface area contributed by atoms with Gasteiger partial charge in [-0.25, -0.2) is 9.37 Å². The van der Waals surface area contributed by atoms with Crippen molar-refractivity contribution in [2.24, 2.45) is 5.73 Å². The van der Waals surface area contributed by atoms with Crippen LogP contribution in [0, 0.1) is 5.82 Å². The maximum atomic E-state index is 13.0. The first-order valence-electron chi connectivity index (χ1n) is 9.88. The van der Waals surface area contributed by atoms with Crippen LogP contribution in [0.3, 0.4) is 0 Å². The first-order chi connectivity index (χ1) is 16.0. The van der Waals surface area contributed by atoms with E-state index in [4.69, 9.17) is 15.0 Å². The number of ether oxygens (including phenoxy) is 1. The quantitative estimate of drug-likeness (QED) is 0.420. The molecule has 2 heterocycles. The van der Waals surface area contributed by atoms with Crippen LogP contribution >= 0.6 is 0 Å². The lowest BCUT2D eigenvalue weighted by atomic mass is 10.2. The molecule has 0 atom stereocenters. The molecule has 166 valence electrons. The number of benzene rings is 2. The van der Waals surface area contributed by atoms with E-state index in [1.54, 1.807) is 42.5 Å². The Morgan fingerprint density at radius 2 is 1.91 bits per heavy atom. The summed E-state index contributed by atoms with van der Waals surface area (Å²) in [6.45, 7) is 0. The summed E-state index contributed by atoms with van der Waals surface area (Å²) in [4.78, 5) is 31.9. The number of aromatic nitrogens is 3. The van der Waals surface area contributed by atoms with Gasteiger partial charge in [0, 0.05) is 30.0 Å². The third-order valence-corrected chi connectivity index (χ3v) is 4.50. The SMILES string of the molecule is NC(=O)c1cccc(Oc2ccc(NC(=O)CCc3nc(-c4ccc(F)cc4)no3)cn2)c1. The van der Waals surface area contributed by atoms with Crippen molar-refractivity contribution in [1.29, 1.82) is 0 Å². The van der Waals surface area contributed by atoms with Crippen molar-refractivity contribution >= 4 is 17.5 Å². The summed E-state index contributed by atoms with van der Waals surface area (Å²) in [5.41, 5.74) is 6.68. The van der Waals surface area contributed by atoms with Gasteiger partial charge in [-0.1, -0.05) is 11.2 Å². The highest BCUT2D eigenvalue weighted by Crippen LogP contribution is 2.22. The number of pyridine rings is 1. The van der Waals surface area contributed by atoms with Crippen LogP contribution in [-0.2, 0) is 11.2 Å². The zero-order valence-electron chi connectivity index (χ0n) is 17.2. The number of halogens is 1. The van der Waals surface area contributed by atoms with Gasteiger partial charge in [0.1, 0.15) is 11.6 Å². The first-order valence-corrected chi connectivity index (χ1v) is 9.88. The van der Waals surface area contributed by atoms with Crippen LogP contribution in [-0.4, -0.2) is 26.9 Å². The molecule has 10 heteroatoms. The average molecular weight is 447 g/mol. The van der Waals surface area contributed by atoms with Gasteiger partial charge in [0.25, 0.3) is 0 Å². The van der Waals surface area contributed by atoms with Crippen molar-refractivity contribution in [2.45, 2.75) is 12.8 Å².